The largest absolute Gasteiger partial charge is 0.481 e. The van der Waals surface area contributed by atoms with Crippen molar-refractivity contribution in [1.29, 1.82) is 0 Å². The number of aliphatic carboxylic acids is 1. The first kappa shape index (κ1) is 14.8. The minimum atomic E-state index is -0.653. The second kappa shape index (κ2) is 4.44. The Morgan fingerprint density at radius 3 is 2.62 bits per heavy atom. The number of ketones is 1. The van der Waals surface area contributed by atoms with E-state index in [0.29, 0.717) is 18.6 Å². The molecule has 3 aliphatic carbocycles. The number of hydrogen-bond acceptors (Lipinski definition) is 2. The van der Waals surface area contributed by atoms with E-state index in [1.54, 1.807) is 0 Å². The van der Waals surface area contributed by atoms with Crippen molar-refractivity contribution in [2.75, 3.05) is 0 Å². The van der Waals surface area contributed by atoms with Crippen molar-refractivity contribution in [1.82, 2.24) is 0 Å². The van der Waals surface area contributed by atoms with E-state index in [2.05, 4.69) is 26.8 Å². The topological polar surface area (TPSA) is 54.4 Å². The van der Waals surface area contributed by atoms with Gasteiger partial charge in [-0.1, -0.05) is 32.4 Å². The van der Waals surface area contributed by atoms with Crippen molar-refractivity contribution in [3.8, 4) is 0 Å². The Balaban J connectivity index is 2.11. The van der Waals surface area contributed by atoms with Gasteiger partial charge in [0.05, 0.1) is 5.41 Å². The van der Waals surface area contributed by atoms with Crippen LogP contribution >= 0.6 is 0 Å². The third-order valence-electron chi connectivity index (χ3n) is 6.79. The van der Waals surface area contributed by atoms with Gasteiger partial charge in [-0.05, 0) is 49.9 Å². The quantitative estimate of drug-likeness (QED) is 0.743. The molecule has 0 spiro atoms. The fraction of sp³-hybridized carbons (Fsp3) is 0.778. The summed E-state index contributed by atoms with van der Waals surface area (Å²) in [6, 6.07) is 0. The summed E-state index contributed by atoms with van der Waals surface area (Å²) >= 11 is 0. The lowest BCUT2D eigenvalue weighted by Crippen LogP contribution is -2.56. The lowest BCUT2D eigenvalue weighted by atomic mass is 9.44. The molecule has 0 aromatic carbocycles. The van der Waals surface area contributed by atoms with Crippen LogP contribution in [0, 0.1) is 22.2 Å². The van der Waals surface area contributed by atoms with Crippen molar-refractivity contribution >= 4 is 11.8 Å². The van der Waals surface area contributed by atoms with Gasteiger partial charge in [0.15, 0.2) is 0 Å². The van der Waals surface area contributed by atoms with Gasteiger partial charge >= 0.3 is 5.97 Å². The fourth-order valence-electron chi connectivity index (χ4n) is 5.60. The van der Waals surface area contributed by atoms with Crippen molar-refractivity contribution in [2.24, 2.45) is 22.2 Å². The van der Waals surface area contributed by atoms with Crippen LogP contribution < -0.4 is 0 Å². The lowest BCUT2D eigenvalue weighted by molar-refractivity contribution is -0.155. The summed E-state index contributed by atoms with van der Waals surface area (Å²) in [6.07, 6.45) is 7.90. The van der Waals surface area contributed by atoms with Gasteiger partial charge in [0.25, 0.3) is 0 Å². The highest BCUT2D eigenvalue weighted by atomic mass is 16.4. The summed E-state index contributed by atoms with van der Waals surface area (Å²) in [6.45, 7) is 6.35. The molecule has 0 saturated heterocycles. The number of carbonyl (C=O) groups excluding carboxylic acids is 1. The first-order chi connectivity index (χ1) is 9.75. The van der Waals surface area contributed by atoms with Crippen molar-refractivity contribution in [3.63, 3.8) is 0 Å². The standard InChI is InChI=1S/C18H26O3/c1-16(2)12-7-11-18(15(20)21)9-5-4-6-13(18)17(12,3)10-8-14(16)19/h6,12H,4-5,7-11H2,1-3H3,(H,20,21)/t12-,17-,18-/m1/s1. The number of fused-ring (bicyclic) bond motifs is 3. The molecule has 3 heteroatoms. The maximum Gasteiger partial charge on any atom is 0.313 e. The molecule has 2 saturated carbocycles. The van der Waals surface area contributed by atoms with Gasteiger partial charge in [-0.25, -0.2) is 0 Å². The van der Waals surface area contributed by atoms with E-state index in [1.807, 2.05) is 0 Å². The van der Waals surface area contributed by atoms with Crippen LogP contribution in [0.25, 0.3) is 0 Å². The Morgan fingerprint density at radius 1 is 1.24 bits per heavy atom. The van der Waals surface area contributed by atoms with Crippen LogP contribution in [0.15, 0.2) is 11.6 Å². The van der Waals surface area contributed by atoms with E-state index in [-0.39, 0.29) is 16.7 Å². The maximum absolute atomic E-state index is 12.4. The summed E-state index contributed by atoms with van der Waals surface area (Å²) < 4.78 is 0. The number of carbonyl (C=O) groups is 2. The molecule has 21 heavy (non-hydrogen) atoms. The third kappa shape index (κ3) is 1.79. The molecular weight excluding hydrogens is 264 g/mol. The molecule has 0 heterocycles. The van der Waals surface area contributed by atoms with E-state index >= 15 is 0 Å². The Morgan fingerprint density at radius 2 is 1.95 bits per heavy atom. The average Bonchev–Trinajstić information content (AvgIpc) is 2.43. The van der Waals surface area contributed by atoms with E-state index in [9.17, 15) is 14.7 Å². The van der Waals surface area contributed by atoms with Gasteiger partial charge in [-0.15, -0.1) is 0 Å². The molecule has 0 aromatic rings. The normalized spacial score (nSPS) is 41.8. The monoisotopic (exact) mass is 290 g/mol. The van der Waals surface area contributed by atoms with Crippen LogP contribution in [-0.2, 0) is 9.59 Å². The van der Waals surface area contributed by atoms with Crippen molar-refractivity contribution < 1.29 is 14.7 Å². The summed E-state index contributed by atoms with van der Waals surface area (Å²) in [5.74, 6) is -0.0184. The predicted molar refractivity (Wildman–Crippen MR) is 80.9 cm³/mol. The van der Waals surface area contributed by atoms with Crippen LogP contribution in [0.2, 0.25) is 0 Å². The molecule has 1 N–H and O–H groups in total. The molecule has 0 aliphatic heterocycles. The maximum atomic E-state index is 12.4. The molecule has 3 atom stereocenters. The van der Waals surface area contributed by atoms with Crippen LogP contribution in [-0.4, -0.2) is 16.9 Å². The fourth-order valence-corrected chi connectivity index (χ4v) is 5.60. The SMILES string of the molecule is CC1(C)C(=O)CC[C@@]2(C)C3=CCCC[C@@]3(C(=O)O)CC[C@H]12. The molecular formula is C18H26O3. The number of rotatable bonds is 1. The zero-order chi connectivity index (χ0) is 15.5. The molecule has 116 valence electrons. The molecule has 0 radical (unpaired) electrons. The molecule has 2 fully saturated rings. The van der Waals surface area contributed by atoms with Gasteiger partial charge in [-0.3, -0.25) is 9.59 Å². The Kier molecular flexibility index (Phi) is 3.13. The zero-order valence-corrected chi connectivity index (χ0v) is 13.4. The Hall–Kier alpha value is -1.12. The molecule has 3 nitrogen and oxygen atoms in total. The van der Waals surface area contributed by atoms with E-state index in [0.717, 1.165) is 37.7 Å². The summed E-state index contributed by atoms with van der Waals surface area (Å²) in [4.78, 5) is 24.4. The van der Waals surface area contributed by atoms with Crippen LogP contribution in [0.3, 0.4) is 0 Å². The van der Waals surface area contributed by atoms with Gasteiger partial charge < -0.3 is 5.11 Å². The first-order valence-electron chi connectivity index (χ1n) is 8.23. The predicted octanol–water partition coefficient (Wildman–Crippen LogP) is 3.97. The van der Waals surface area contributed by atoms with E-state index in [4.69, 9.17) is 0 Å². The minimum absolute atomic E-state index is 0.117. The Bertz CT molecular complexity index is 531. The zero-order valence-electron chi connectivity index (χ0n) is 13.4. The molecule has 3 rings (SSSR count). The number of allylic oxidation sites excluding steroid dienone is 1. The van der Waals surface area contributed by atoms with Crippen molar-refractivity contribution in [3.05, 3.63) is 11.6 Å². The average molecular weight is 290 g/mol. The second-order valence-electron chi connectivity index (χ2n) is 8.05. The Labute approximate surface area is 126 Å². The minimum Gasteiger partial charge on any atom is -0.481 e. The molecule has 0 unspecified atom stereocenters. The molecule has 3 aliphatic rings. The first-order valence-corrected chi connectivity index (χ1v) is 8.23. The summed E-state index contributed by atoms with van der Waals surface area (Å²) in [5, 5.41) is 9.90. The van der Waals surface area contributed by atoms with Gasteiger partial charge in [0.2, 0.25) is 0 Å². The molecule has 0 aromatic heterocycles. The molecule has 0 amide bonds. The highest BCUT2D eigenvalue weighted by Crippen LogP contribution is 2.65. The van der Waals surface area contributed by atoms with Crippen LogP contribution in [0.4, 0.5) is 0 Å². The third-order valence-corrected chi connectivity index (χ3v) is 6.79. The van der Waals surface area contributed by atoms with Gasteiger partial charge in [0, 0.05) is 11.8 Å². The number of carboxylic acids is 1. The van der Waals surface area contributed by atoms with Gasteiger partial charge in [0.1, 0.15) is 5.78 Å². The highest BCUT2D eigenvalue weighted by Gasteiger charge is 2.61. The van der Waals surface area contributed by atoms with E-state index in [1.165, 1.54) is 0 Å². The number of Topliss-reactive ketones (excluding diaryl/α,β-unsaturated/α-hetero) is 1. The number of carboxylic acid groups (broad SMARTS) is 1. The highest BCUT2D eigenvalue weighted by molar-refractivity contribution is 5.86. The van der Waals surface area contributed by atoms with Crippen molar-refractivity contribution in [2.45, 2.75) is 65.7 Å². The number of hydrogen-bond donors (Lipinski definition) is 1. The van der Waals surface area contributed by atoms with Crippen LogP contribution in [0.5, 0.6) is 0 Å². The molecule has 0 bridgehead atoms. The summed E-state index contributed by atoms with van der Waals surface area (Å²) in [5.41, 5.74) is 0.0512. The van der Waals surface area contributed by atoms with Crippen LogP contribution in [0.1, 0.15) is 65.7 Å². The smallest absolute Gasteiger partial charge is 0.313 e. The lowest BCUT2D eigenvalue weighted by Gasteiger charge is -2.59. The van der Waals surface area contributed by atoms with Gasteiger partial charge in [-0.2, -0.15) is 0 Å². The summed E-state index contributed by atoms with van der Waals surface area (Å²) in [7, 11) is 0. The second-order valence-corrected chi connectivity index (χ2v) is 8.05. The van der Waals surface area contributed by atoms with E-state index < -0.39 is 11.4 Å².